The van der Waals surface area contributed by atoms with Gasteiger partial charge in [0.2, 0.25) is 5.91 Å². The third kappa shape index (κ3) is 4.18. The fourth-order valence-corrected chi connectivity index (χ4v) is 1.76. The molecule has 0 heterocycles. The average molecular weight is 285 g/mol. The third-order valence-corrected chi connectivity index (χ3v) is 2.83. The molecule has 1 aromatic rings. The van der Waals surface area contributed by atoms with Gasteiger partial charge in [0, 0.05) is 12.1 Å². The number of rotatable bonds is 6. The number of nitrogens with zero attached hydrogens (tertiary/aromatic N) is 1. The molecule has 5 nitrogen and oxygen atoms in total. The zero-order chi connectivity index (χ0) is 15.1. The van der Waals surface area contributed by atoms with Gasteiger partial charge in [-0.25, -0.2) is 8.78 Å². The Morgan fingerprint density at radius 3 is 2.80 bits per heavy atom. The highest BCUT2D eigenvalue weighted by molar-refractivity contribution is 6.01. The highest BCUT2D eigenvalue weighted by atomic mass is 19.1. The molecule has 0 spiro atoms. The summed E-state index contributed by atoms with van der Waals surface area (Å²) in [5.74, 6) is -2.68. The molecule has 0 fully saturated rings. The van der Waals surface area contributed by atoms with Crippen molar-refractivity contribution in [1.82, 2.24) is 5.32 Å². The molecule has 0 aliphatic carbocycles. The molecule has 1 atom stereocenters. The lowest BCUT2D eigenvalue weighted by molar-refractivity contribution is -0.123. The van der Waals surface area contributed by atoms with Crippen molar-refractivity contribution in [2.75, 3.05) is 0 Å². The number of nitrogens with two attached hydrogens (primary N) is 1. The monoisotopic (exact) mass is 285 g/mol. The maximum absolute atomic E-state index is 13.4. The molecule has 1 unspecified atom stereocenters. The van der Waals surface area contributed by atoms with E-state index >= 15 is 0 Å². The molecule has 0 saturated heterocycles. The normalized spacial score (nSPS) is 13.1. The number of amides is 1. The van der Waals surface area contributed by atoms with Gasteiger partial charge in [-0.2, -0.15) is 0 Å². The second-order valence-electron chi connectivity index (χ2n) is 4.32. The molecular weight excluding hydrogens is 268 g/mol. The molecule has 0 bridgehead atoms. The van der Waals surface area contributed by atoms with Crippen LogP contribution in [-0.2, 0) is 11.3 Å². The van der Waals surface area contributed by atoms with Gasteiger partial charge in [0.15, 0.2) is 5.84 Å². The van der Waals surface area contributed by atoms with E-state index in [2.05, 4.69) is 10.5 Å². The molecule has 7 heteroatoms. The third-order valence-electron chi connectivity index (χ3n) is 2.83. The molecule has 110 valence electrons. The highest BCUT2D eigenvalue weighted by Gasteiger charge is 2.22. The summed E-state index contributed by atoms with van der Waals surface area (Å²) >= 11 is 0. The first-order valence-electron chi connectivity index (χ1n) is 6.18. The van der Waals surface area contributed by atoms with Gasteiger partial charge in [-0.15, -0.1) is 0 Å². The molecule has 0 aromatic heterocycles. The van der Waals surface area contributed by atoms with Crippen LogP contribution in [0.4, 0.5) is 8.78 Å². The number of oxime groups is 1. The van der Waals surface area contributed by atoms with Crippen LogP contribution >= 0.6 is 0 Å². The van der Waals surface area contributed by atoms with E-state index in [1.54, 1.807) is 0 Å². The van der Waals surface area contributed by atoms with Gasteiger partial charge in [-0.1, -0.05) is 18.5 Å². The number of carbonyl (C=O) groups is 1. The molecule has 20 heavy (non-hydrogen) atoms. The van der Waals surface area contributed by atoms with E-state index in [0.717, 1.165) is 18.2 Å². The molecular formula is C13H17F2N3O2. The average Bonchev–Trinajstić information content (AvgIpc) is 2.44. The van der Waals surface area contributed by atoms with Crippen LogP contribution in [0.3, 0.4) is 0 Å². The van der Waals surface area contributed by atoms with Gasteiger partial charge in [-0.05, 0) is 24.6 Å². The fourth-order valence-electron chi connectivity index (χ4n) is 1.76. The Morgan fingerprint density at radius 2 is 2.20 bits per heavy atom. The Morgan fingerprint density at radius 1 is 1.50 bits per heavy atom. The molecule has 0 radical (unpaired) electrons. The van der Waals surface area contributed by atoms with Crippen LogP contribution < -0.4 is 11.1 Å². The number of hydrogen-bond acceptors (Lipinski definition) is 3. The SMILES string of the molecule is CCCC(C(=O)NCc1cc(F)ccc1F)C(N)=NO. The van der Waals surface area contributed by atoms with Crippen molar-refractivity contribution in [3.63, 3.8) is 0 Å². The zero-order valence-corrected chi connectivity index (χ0v) is 11.1. The van der Waals surface area contributed by atoms with Crippen molar-refractivity contribution in [1.29, 1.82) is 0 Å². The van der Waals surface area contributed by atoms with E-state index in [1.807, 2.05) is 6.92 Å². The van der Waals surface area contributed by atoms with Gasteiger partial charge in [0.1, 0.15) is 11.6 Å². The minimum atomic E-state index is -0.790. The predicted molar refractivity (Wildman–Crippen MR) is 70.0 cm³/mol. The number of hydrogen-bond donors (Lipinski definition) is 3. The highest BCUT2D eigenvalue weighted by Crippen LogP contribution is 2.11. The van der Waals surface area contributed by atoms with Crippen LogP contribution in [0.5, 0.6) is 0 Å². The largest absolute Gasteiger partial charge is 0.409 e. The zero-order valence-electron chi connectivity index (χ0n) is 11.1. The maximum Gasteiger partial charge on any atom is 0.231 e. The van der Waals surface area contributed by atoms with Crippen LogP contribution in [-0.4, -0.2) is 17.0 Å². The lowest BCUT2D eigenvalue weighted by Gasteiger charge is -2.14. The molecule has 0 saturated carbocycles. The molecule has 1 aromatic carbocycles. The van der Waals surface area contributed by atoms with E-state index in [9.17, 15) is 13.6 Å². The number of benzene rings is 1. The first kappa shape index (κ1) is 15.9. The van der Waals surface area contributed by atoms with Crippen LogP contribution in [0.1, 0.15) is 25.3 Å². The summed E-state index contributed by atoms with van der Waals surface area (Å²) < 4.78 is 26.4. The van der Waals surface area contributed by atoms with Crippen molar-refractivity contribution in [2.45, 2.75) is 26.3 Å². The molecule has 0 aliphatic heterocycles. The lowest BCUT2D eigenvalue weighted by Crippen LogP contribution is -2.38. The van der Waals surface area contributed by atoms with Gasteiger partial charge >= 0.3 is 0 Å². The summed E-state index contributed by atoms with van der Waals surface area (Å²) in [6, 6.07) is 2.99. The first-order chi connectivity index (χ1) is 9.49. The molecule has 4 N–H and O–H groups in total. The summed E-state index contributed by atoms with van der Waals surface area (Å²) in [6.07, 6.45) is 1.05. The van der Waals surface area contributed by atoms with Crippen LogP contribution in [0.2, 0.25) is 0 Å². The summed E-state index contributed by atoms with van der Waals surface area (Å²) in [6.45, 7) is 1.68. The van der Waals surface area contributed by atoms with Gasteiger partial charge in [-0.3, -0.25) is 4.79 Å². The van der Waals surface area contributed by atoms with E-state index in [1.165, 1.54) is 0 Å². The van der Waals surface area contributed by atoms with Gasteiger partial charge < -0.3 is 16.3 Å². The quantitative estimate of drug-likeness (QED) is 0.322. The Kier molecular flexibility index (Phi) is 5.89. The smallest absolute Gasteiger partial charge is 0.231 e. The lowest BCUT2D eigenvalue weighted by atomic mass is 10.0. The first-order valence-corrected chi connectivity index (χ1v) is 6.18. The Labute approximate surface area is 115 Å². The van der Waals surface area contributed by atoms with Crippen molar-refractivity contribution >= 4 is 11.7 Å². The summed E-state index contributed by atoms with van der Waals surface area (Å²) in [4.78, 5) is 11.9. The number of carbonyl (C=O) groups excluding carboxylic acids is 1. The number of halogens is 2. The Bertz CT molecular complexity index is 506. The van der Waals surface area contributed by atoms with Crippen LogP contribution in [0, 0.1) is 17.6 Å². The van der Waals surface area contributed by atoms with Gasteiger partial charge in [0.25, 0.3) is 0 Å². The van der Waals surface area contributed by atoms with Crippen molar-refractivity contribution in [2.24, 2.45) is 16.8 Å². The van der Waals surface area contributed by atoms with E-state index in [4.69, 9.17) is 10.9 Å². The second-order valence-corrected chi connectivity index (χ2v) is 4.32. The minimum Gasteiger partial charge on any atom is -0.409 e. The topological polar surface area (TPSA) is 87.7 Å². The van der Waals surface area contributed by atoms with Crippen molar-refractivity contribution in [3.8, 4) is 0 Å². The molecule has 1 rings (SSSR count). The van der Waals surface area contributed by atoms with Crippen LogP contribution in [0.15, 0.2) is 23.4 Å². The maximum atomic E-state index is 13.4. The van der Waals surface area contributed by atoms with E-state index in [-0.39, 0.29) is 17.9 Å². The summed E-state index contributed by atoms with van der Waals surface area (Å²) in [7, 11) is 0. The van der Waals surface area contributed by atoms with Crippen molar-refractivity contribution < 1.29 is 18.8 Å². The van der Waals surface area contributed by atoms with Gasteiger partial charge in [0.05, 0.1) is 5.92 Å². The minimum absolute atomic E-state index is 0.0353. The Balaban J connectivity index is 2.72. The fraction of sp³-hybridized carbons (Fsp3) is 0.385. The summed E-state index contributed by atoms with van der Waals surface area (Å²) in [5.41, 5.74) is 5.47. The molecule has 1 amide bonds. The number of nitrogens with one attached hydrogen (secondary N) is 1. The van der Waals surface area contributed by atoms with E-state index < -0.39 is 23.5 Å². The van der Waals surface area contributed by atoms with Crippen LogP contribution in [0.25, 0.3) is 0 Å². The predicted octanol–water partition coefficient (Wildman–Crippen LogP) is 1.74. The second kappa shape index (κ2) is 7.42. The van der Waals surface area contributed by atoms with E-state index in [0.29, 0.717) is 12.8 Å². The van der Waals surface area contributed by atoms with Crippen molar-refractivity contribution in [3.05, 3.63) is 35.4 Å². The molecule has 0 aliphatic rings. The number of amidine groups is 1. The Hall–Kier alpha value is -2.18. The standard InChI is InChI=1S/C13H17F2N3O2/c1-2-3-10(12(16)18-20)13(19)17-7-8-6-9(14)4-5-11(8)15/h4-6,10,20H,2-3,7H2,1H3,(H2,16,18)(H,17,19). The summed E-state index contributed by atoms with van der Waals surface area (Å²) in [5, 5.41) is 13.9.